The van der Waals surface area contributed by atoms with Crippen LogP contribution >= 0.6 is 11.8 Å². The Labute approximate surface area is 189 Å². The Kier molecular flexibility index (Phi) is 5.72. The summed E-state index contributed by atoms with van der Waals surface area (Å²) in [5.41, 5.74) is 3.93. The lowest BCUT2D eigenvalue weighted by Crippen LogP contribution is -2.22. The molecule has 9 heteroatoms. The molecule has 3 heterocycles. The maximum absolute atomic E-state index is 10.9. The van der Waals surface area contributed by atoms with Gasteiger partial charge in [0.15, 0.2) is 5.65 Å². The van der Waals surface area contributed by atoms with Crippen molar-refractivity contribution in [2.75, 3.05) is 18.0 Å². The summed E-state index contributed by atoms with van der Waals surface area (Å²) in [5, 5.41) is 11.7. The van der Waals surface area contributed by atoms with E-state index in [-0.39, 0.29) is 10.6 Å². The minimum atomic E-state index is -0.385. The van der Waals surface area contributed by atoms with Gasteiger partial charge in [-0.15, -0.1) is 0 Å². The largest absolute Gasteiger partial charge is 0.342 e. The number of aromatic nitrogens is 4. The summed E-state index contributed by atoms with van der Waals surface area (Å²) < 4.78 is 2.19. The summed E-state index contributed by atoms with van der Waals surface area (Å²) in [6, 6.07) is 17.0. The molecule has 2 aromatic heterocycles. The zero-order chi connectivity index (χ0) is 21.9. The molecule has 0 radical (unpaired) electrons. The van der Waals surface area contributed by atoms with Crippen LogP contribution in [0, 0.1) is 10.1 Å². The van der Waals surface area contributed by atoms with E-state index in [0.29, 0.717) is 12.3 Å². The van der Waals surface area contributed by atoms with Crippen LogP contribution in [-0.2, 0) is 12.3 Å². The highest BCUT2D eigenvalue weighted by Crippen LogP contribution is 2.32. The second-order valence-corrected chi connectivity index (χ2v) is 8.71. The van der Waals surface area contributed by atoms with E-state index in [1.807, 2.05) is 18.2 Å². The van der Waals surface area contributed by atoms with Crippen LogP contribution in [0.15, 0.2) is 66.0 Å². The first kappa shape index (κ1) is 20.4. The lowest BCUT2D eigenvalue weighted by Gasteiger charge is -2.18. The molecule has 4 aromatic rings. The van der Waals surface area contributed by atoms with Gasteiger partial charge in [-0.05, 0) is 24.0 Å². The van der Waals surface area contributed by atoms with Crippen molar-refractivity contribution in [2.24, 2.45) is 0 Å². The zero-order valence-corrected chi connectivity index (χ0v) is 18.2. The van der Waals surface area contributed by atoms with Crippen LogP contribution in [0.1, 0.15) is 24.0 Å². The first-order valence-electron chi connectivity index (χ1n) is 10.6. The van der Waals surface area contributed by atoms with Crippen molar-refractivity contribution < 1.29 is 4.92 Å². The highest BCUT2D eigenvalue weighted by Gasteiger charge is 2.23. The molecule has 162 valence electrons. The summed E-state index contributed by atoms with van der Waals surface area (Å²) in [4.78, 5) is 26.9. The first-order valence-corrected chi connectivity index (χ1v) is 11.5. The van der Waals surface area contributed by atoms with Gasteiger partial charge >= 0.3 is 0 Å². The SMILES string of the molecule is O=[N+]([O-])c1ccc(CSc2ncnc3c2nc(N2CCCC2)n3Cc2ccccc2)cc1. The van der Waals surface area contributed by atoms with Crippen molar-refractivity contribution in [2.45, 2.75) is 30.2 Å². The summed E-state index contributed by atoms with van der Waals surface area (Å²) in [7, 11) is 0. The lowest BCUT2D eigenvalue weighted by atomic mass is 10.2. The fourth-order valence-electron chi connectivity index (χ4n) is 3.95. The third kappa shape index (κ3) is 4.16. The van der Waals surface area contributed by atoms with Crippen molar-refractivity contribution in [3.05, 3.63) is 82.2 Å². The Morgan fingerprint density at radius 3 is 2.44 bits per heavy atom. The van der Waals surface area contributed by atoms with Crippen LogP contribution in [0.25, 0.3) is 11.2 Å². The summed E-state index contributed by atoms with van der Waals surface area (Å²) in [5.74, 6) is 1.59. The van der Waals surface area contributed by atoms with E-state index in [1.54, 1.807) is 30.2 Å². The third-order valence-corrected chi connectivity index (χ3v) is 6.62. The maximum Gasteiger partial charge on any atom is 0.269 e. The third-order valence-electron chi connectivity index (χ3n) is 5.57. The van der Waals surface area contributed by atoms with Gasteiger partial charge in [0.1, 0.15) is 16.9 Å². The Morgan fingerprint density at radius 1 is 0.969 bits per heavy atom. The monoisotopic (exact) mass is 446 g/mol. The van der Waals surface area contributed by atoms with Crippen LogP contribution < -0.4 is 4.90 Å². The summed E-state index contributed by atoms with van der Waals surface area (Å²) in [6.07, 6.45) is 3.93. The fourth-order valence-corrected chi connectivity index (χ4v) is 4.84. The molecular weight excluding hydrogens is 424 g/mol. The Bertz CT molecular complexity index is 1240. The molecule has 0 amide bonds. The van der Waals surface area contributed by atoms with Crippen molar-refractivity contribution in [1.29, 1.82) is 0 Å². The van der Waals surface area contributed by atoms with Crippen molar-refractivity contribution in [3.8, 4) is 0 Å². The fraction of sp³-hybridized carbons (Fsp3) is 0.261. The molecule has 32 heavy (non-hydrogen) atoms. The molecule has 0 saturated carbocycles. The van der Waals surface area contributed by atoms with Gasteiger partial charge in [-0.25, -0.2) is 15.0 Å². The summed E-state index contributed by atoms with van der Waals surface area (Å²) >= 11 is 1.57. The molecule has 1 aliphatic heterocycles. The normalized spacial score (nSPS) is 13.7. The van der Waals surface area contributed by atoms with Crippen molar-refractivity contribution in [1.82, 2.24) is 19.5 Å². The van der Waals surface area contributed by atoms with Crippen LogP contribution in [0.4, 0.5) is 11.6 Å². The number of nitro benzene ring substituents is 1. The molecule has 0 unspecified atom stereocenters. The van der Waals surface area contributed by atoms with E-state index >= 15 is 0 Å². The molecule has 2 aromatic carbocycles. The predicted octanol–water partition coefficient (Wildman–Crippen LogP) is 4.68. The van der Waals surface area contributed by atoms with Crippen LogP contribution in [0.3, 0.4) is 0 Å². The van der Waals surface area contributed by atoms with Gasteiger partial charge in [-0.2, -0.15) is 0 Å². The highest BCUT2D eigenvalue weighted by atomic mass is 32.2. The average molecular weight is 447 g/mol. The van der Waals surface area contributed by atoms with E-state index in [1.165, 1.54) is 30.5 Å². The van der Waals surface area contributed by atoms with E-state index in [2.05, 4.69) is 31.6 Å². The average Bonchev–Trinajstić information content (AvgIpc) is 3.47. The van der Waals surface area contributed by atoms with E-state index in [9.17, 15) is 10.1 Å². The van der Waals surface area contributed by atoms with Crippen LogP contribution in [-0.4, -0.2) is 37.5 Å². The Morgan fingerprint density at radius 2 is 1.72 bits per heavy atom. The van der Waals surface area contributed by atoms with Gasteiger partial charge in [-0.3, -0.25) is 14.7 Å². The topological polar surface area (TPSA) is 90.0 Å². The number of non-ortho nitro benzene ring substituents is 1. The van der Waals surface area contributed by atoms with Gasteiger partial charge < -0.3 is 4.90 Å². The van der Waals surface area contributed by atoms with Crippen LogP contribution in [0.5, 0.6) is 0 Å². The maximum atomic E-state index is 10.9. The number of benzene rings is 2. The molecule has 0 bridgehead atoms. The molecule has 0 spiro atoms. The molecule has 1 fully saturated rings. The number of fused-ring (bicyclic) bond motifs is 1. The Balaban J connectivity index is 1.47. The summed E-state index contributed by atoms with van der Waals surface area (Å²) in [6.45, 7) is 2.69. The van der Waals surface area contributed by atoms with Crippen molar-refractivity contribution in [3.63, 3.8) is 0 Å². The first-order chi connectivity index (χ1) is 15.7. The van der Waals surface area contributed by atoms with E-state index < -0.39 is 0 Å². The van der Waals surface area contributed by atoms with Gasteiger partial charge in [0.05, 0.1) is 11.5 Å². The molecule has 0 atom stereocenters. The van der Waals surface area contributed by atoms with Crippen molar-refractivity contribution >= 4 is 34.6 Å². The van der Waals surface area contributed by atoms with Gasteiger partial charge in [0.25, 0.3) is 5.69 Å². The second-order valence-electron chi connectivity index (χ2n) is 7.74. The molecule has 1 saturated heterocycles. The molecule has 0 aliphatic carbocycles. The zero-order valence-electron chi connectivity index (χ0n) is 17.4. The quantitative estimate of drug-likeness (QED) is 0.176. The smallest absolute Gasteiger partial charge is 0.269 e. The molecule has 5 rings (SSSR count). The molecule has 0 N–H and O–H groups in total. The van der Waals surface area contributed by atoms with Gasteiger partial charge in [0, 0.05) is 31.0 Å². The molecular formula is C23H22N6O2S. The minimum absolute atomic E-state index is 0.0955. The number of rotatable bonds is 7. The number of anilines is 1. The lowest BCUT2D eigenvalue weighted by molar-refractivity contribution is -0.384. The second kappa shape index (κ2) is 8.96. The van der Waals surface area contributed by atoms with Gasteiger partial charge in [-0.1, -0.05) is 54.2 Å². The number of thioether (sulfide) groups is 1. The number of nitrogens with zero attached hydrogens (tertiary/aromatic N) is 6. The number of imidazole rings is 1. The minimum Gasteiger partial charge on any atom is -0.342 e. The molecule has 8 nitrogen and oxygen atoms in total. The van der Waals surface area contributed by atoms with E-state index in [0.717, 1.165) is 40.8 Å². The Hall–Kier alpha value is -3.46. The molecule has 1 aliphatic rings. The number of hydrogen-bond acceptors (Lipinski definition) is 7. The van der Waals surface area contributed by atoms with E-state index in [4.69, 9.17) is 4.98 Å². The standard InChI is InChI=1S/C23H22N6O2S/c30-29(31)19-10-8-18(9-11-19)15-32-22-20-21(24-16-25-22)28(14-17-6-2-1-3-7-17)23(26-20)27-12-4-5-13-27/h1-3,6-11,16H,4-5,12-15H2. The predicted molar refractivity (Wildman–Crippen MR) is 125 cm³/mol. The highest BCUT2D eigenvalue weighted by molar-refractivity contribution is 7.98. The number of hydrogen-bond donors (Lipinski definition) is 0. The van der Waals surface area contributed by atoms with Gasteiger partial charge in [0.2, 0.25) is 5.95 Å². The number of nitro groups is 1. The van der Waals surface area contributed by atoms with Crippen LogP contribution in [0.2, 0.25) is 0 Å².